The first-order valence-electron chi connectivity index (χ1n) is 6.89. The van der Waals surface area contributed by atoms with E-state index in [4.69, 9.17) is 4.74 Å². The summed E-state index contributed by atoms with van der Waals surface area (Å²) >= 11 is 3.29. The first-order valence-corrected chi connectivity index (χ1v) is 9.12. The van der Waals surface area contributed by atoms with Crippen LogP contribution >= 0.6 is 15.9 Å². The van der Waals surface area contributed by atoms with Gasteiger partial charge in [-0.1, -0.05) is 0 Å². The highest BCUT2D eigenvalue weighted by Gasteiger charge is 2.35. The first-order chi connectivity index (χ1) is 9.86. The standard InChI is InChI=1S/C13H20BrN3O3S/c1-4-15-13-12(5-11(14)6-16-13)21(18,19)17-7-10(3)20-8-9(17)2/h5-6,9-10H,4,7-8H2,1-3H3,(H,15,16). The lowest BCUT2D eigenvalue weighted by Crippen LogP contribution is -2.50. The predicted octanol–water partition coefficient (Wildman–Crippen LogP) is 2.07. The molecule has 2 atom stereocenters. The molecule has 0 amide bonds. The molecule has 21 heavy (non-hydrogen) atoms. The number of ether oxygens (including phenoxy) is 1. The summed E-state index contributed by atoms with van der Waals surface area (Å²) in [6.45, 7) is 6.98. The topological polar surface area (TPSA) is 71.5 Å². The molecule has 1 aliphatic heterocycles. The van der Waals surface area contributed by atoms with Gasteiger partial charge in [-0.05, 0) is 42.8 Å². The minimum Gasteiger partial charge on any atom is -0.375 e. The molecule has 2 heterocycles. The van der Waals surface area contributed by atoms with Crippen LogP contribution < -0.4 is 5.32 Å². The van der Waals surface area contributed by atoms with E-state index in [1.54, 1.807) is 12.3 Å². The van der Waals surface area contributed by atoms with Crippen LogP contribution in [0.3, 0.4) is 0 Å². The summed E-state index contributed by atoms with van der Waals surface area (Å²) in [5.74, 6) is 0.382. The summed E-state index contributed by atoms with van der Waals surface area (Å²) in [6.07, 6.45) is 1.47. The Hall–Kier alpha value is -0.700. The van der Waals surface area contributed by atoms with E-state index in [1.165, 1.54) is 4.31 Å². The van der Waals surface area contributed by atoms with Crippen LogP contribution in [-0.4, -0.2) is 49.5 Å². The Balaban J connectivity index is 2.45. The number of hydrogen-bond donors (Lipinski definition) is 1. The summed E-state index contributed by atoms with van der Waals surface area (Å²) in [4.78, 5) is 4.37. The predicted molar refractivity (Wildman–Crippen MR) is 84.9 cm³/mol. The maximum Gasteiger partial charge on any atom is 0.247 e. The van der Waals surface area contributed by atoms with Crippen molar-refractivity contribution in [3.05, 3.63) is 16.7 Å². The Morgan fingerprint density at radius 1 is 1.52 bits per heavy atom. The third-order valence-electron chi connectivity index (χ3n) is 3.30. The largest absolute Gasteiger partial charge is 0.375 e. The summed E-state index contributed by atoms with van der Waals surface area (Å²) in [6, 6.07) is 1.40. The van der Waals surface area contributed by atoms with Gasteiger partial charge in [0.2, 0.25) is 10.0 Å². The molecule has 0 bridgehead atoms. The van der Waals surface area contributed by atoms with Gasteiger partial charge in [0.05, 0.1) is 12.7 Å². The molecule has 118 valence electrons. The quantitative estimate of drug-likeness (QED) is 0.869. The zero-order chi connectivity index (χ0) is 15.6. The average molecular weight is 378 g/mol. The first kappa shape index (κ1) is 16.7. The molecule has 2 rings (SSSR count). The van der Waals surface area contributed by atoms with Crippen molar-refractivity contribution in [3.63, 3.8) is 0 Å². The van der Waals surface area contributed by atoms with Crippen LogP contribution in [0.25, 0.3) is 0 Å². The van der Waals surface area contributed by atoms with E-state index in [2.05, 4.69) is 26.2 Å². The number of sulfonamides is 1. The molecule has 1 saturated heterocycles. The van der Waals surface area contributed by atoms with E-state index >= 15 is 0 Å². The maximum atomic E-state index is 13.0. The van der Waals surface area contributed by atoms with E-state index in [1.807, 2.05) is 20.8 Å². The number of rotatable bonds is 4. The minimum absolute atomic E-state index is 0.112. The molecule has 1 aromatic heterocycles. The highest BCUT2D eigenvalue weighted by molar-refractivity contribution is 9.10. The van der Waals surface area contributed by atoms with Crippen LogP contribution in [-0.2, 0) is 14.8 Å². The van der Waals surface area contributed by atoms with Crippen molar-refractivity contribution in [3.8, 4) is 0 Å². The Morgan fingerprint density at radius 3 is 2.90 bits per heavy atom. The highest BCUT2D eigenvalue weighted by atomic mass is 79.9. The molecular weight excluding hydrogens is 358 g/mol. The summed E-state index contributed by atoms with van der Waals surface area (Å²) in [5, 5.41) is 3.01. The highest BCUT2D eigenvalue weighted by Crippen LogP contribution is 2.28. The number of anilines is 1. The van der Waals surface area contributed by atoms with Gasteiger partial charge in [0.15, 0.2) is 0 Å². The number of nitrogens with one attached hydrogen (secondary N) is 1. The fourth-order valence-electron chi connectivity index (χ4n) is 2.25. The van der Waals surface area contributed by atoms with Crippen molar-refractivity contribution in [2.75, 3.05) is 25.0 Å². The monoisotopic (exact) mass is 377 g/mol. The van der Waals surface area contributed by atoms with Gasteiger partial charge < -0.3 is 10.1 Å². The van der Waals surface area contributed by atoms with Crippen molar-refractivity contribution < 1.29 is 13.2 Å². The van der Waals surface area contributed by atoms with E-state index < -0.39 is 10.0 Å². The fourth-order valence-corrected chi connectivity index (χ4v) is 4.57. The Labute approximate surface area is 134 Å². The molecule has 0 aliphatic carbocycles. The second kappa shape index (κ2) is 6.60. The molecule has 6 nitrogen and oxygen atoms in total. The molecule has 0 saturated carbocycles. The van der Waals surface area contributed by atoms with Crippen molar-refractivity contribution >= 4 is 31.8 Å². The van der Waals surface area contributed by atoms with Gasteiger partial charge in [-0.2, -0.15) is 4.31 Å². The van der Waals surface area contributed by atoms with Gasteiger partial charge in [0.25, 0.3) is 0 Å². The number of nitrogens with zero attached hydrogens (tertiary/aromatic N) is 2. The summed E-state index contributed by atoms with van der Waals surface area (Å²) < 4.78 is 33.6. The number of aromatic nitrogens is 1. The molecule has 0 aromatic carbocycles. The third-order valence-corrected chi connectivity index (χ3v) is 5.73. The number of hydrogen-bond acceptors (Lipinski definition) is 5. The van der Waals surface area contributed by atoms with E-state index in [0.717, 1.165) is 0 Å². The summed E-state index contributed by atoms with van der Waals surface area (Å²) in [5.41, 5.74) is 0. The Bertz CT molecular complexity index is 609. The van der Waals surface area contributed by atoms with Crippen LogP contribution in [0.4, 0.5) is 5.82 Å². The van der Waals surface area contributed by atoms with Crippen LogP contribution in [0.15, 0.2) is 21.6 Å². The molecule has 1 fully saturated rings. The van der Waals surface area contributed by atoms with Gasteiger partial charge in [-0.3, -0.25) is 0 Å². The number of morpholine rings is 1. The van der Waals surface area contributed by atoms with Gasteiger partial charge in [0, 0.05) is 29.8 Å². The zero-order valence-corrected chi connectivity index (χ0v) is 14.7. The lowest BCUT2D eigenvalue weighted by Gasteiger charge is -2.35. The van der Waals surface area contributed by atoms with Crippen molar-refractivity contribution in [2.45, 2.75) is 37.8 Å². The average Bonchev–Trinajstić information content (AvgIpc) is 2.43. The second-order valence-electron chi connectivity index (χ2n) is 5.10. The molecular formula is C13H20BrN3O3S. The van der Waals surface area contributed by atoms with Crippen molar-refractivity contribution in [1.82, 2.24) is 9.29 Å². The van der Waals surface area contributed by atoms with Gasteiger partial charge in [0.1, 0.15) is 10.7 Å². The van der Waals surface area contributed by atoms with Crippen LogP contribution in [0.2, 0.25) is 0 Å². The zero-order valence-electron chi connectivity index (χ0n) is 12.3. The molecule has 0 radical (unpaired) electrons. The van der Waals surface area contributed by atoms with Crippen LogP contribution in [0, 0.1) is 0 Å². The lowest BCUT2D eigenvalue weighted by molar-refractivity contribution is -0.0170. The lowest BCUT2D eigenvalue weighted by atomic mass is 10.2. The molecule has 1 N–H and O–H groups in total. The number of pyridine rings is 1. The van der Waals surface area contributed by atoms with E-state index in [0.29, 0.717) is 30.0 Å². The third kappa shape index (κ3) is 3.56. The van der Waals surface area contributed by atoms with E-state index in [-0.39, 0.29) is 17.0 Å². The SMILES string of the molecule is CCNc1ncc(Br)cc1S(=O)(=O)N1CC(C)OCC1C. The van der Waals surface area contributed by atoms with Crippen molar-refractivity contribution in [2.24, 2.45) is 0 Å². The van der Waals surface area contributed by atoms with E-state index in [9.17, 15) is 8.42 Å². The smallest absolute Gasteiger partial charge is 0.247 e. The molecule has 1 aromatic rings. The maximum absolute atomic E-state index is 13.0. The van der Waals surface area contributed by atoms with Gasteiger partial charge in [-0.25, -0.2) is 13.4 Å². The number of halogens is 1. The van der Waals surface area contributed by atoms with Gasteiger partial charge in [-0.15, -0.1) is 0 Å². The normalized spacial score (nSPS) is 24.0. The Morgan fingerprint density at radius 2 is 2.24 bits per heavy atom. The fraction of sp³-hybridized carbons (Fsp3) is 0.615. The van der Waals surface area contributed by atoms with Crippen molar-refractivity contribution in [1.29, 1.82) is 0 Å². The molecule has 8 heteroatoms. The molecule has 2 unspecified atom stereocenters. The minimum atomic E-state index is -3.62. The Kier molecular flexibility index (Phi) is 5.24. The van der Waals surface area contributed by atoms with Gasteiger partial charge >= 0.3 is 0 Å². The van der Waals surface area contributed by atoms with Crippen LogP contribution in [0.1, 0.15) is 20.8 Å². The summed E-state index contributed by atoms with van der Waals surface area (Å²) in [7, 11) is -3.62. The molecule has 1 aliphatic rings. The van der Waals surface area contributed by atoms with Crippen LogP contribution in [0.5, 0.6) is 0 Å². The molecule has 0 spiro atoms. The second-order valence-corrected chi connectivity index (χ2v) is 7.87.